The molecule has 0 saturated carbocycles. The first-order chi connectivity index (χ1) is 6.63. The summed E-state index contributed by atoms with van der Waals surface area (Å²) in [5, 5.41) is 11.0. The second-order valence-corrected chi connectivity index (χ2v) is 4.20. The van der Waals surface area contributed by atoms with E-state index in [-0.39, 0.29) is 5.57 Å². The van der Waals surface area contributed by atoms with E-state index in [1.54, 1.807) is 20.8 Å². The zero-order chi connectivity index (χ0) is 12.2. The lowest BCUT2D eigenvalue weighted by Gasteiger charge is -2.21. The monoisotopic (exact) mass is 215 g/mol. The molecule has 0 aliphatic heterocycles. The third kappa shape index (κ3) is 5.72. The molecule has 5 heteroatoms. The van der Waals surface area contributed by atoms with Crippen LogP contribution in [0.15, 0.2) is 12.2 Å². The molecule has 0 aromatic heterocycles. The van der Waals surface area contributed by atoms with Gasteiger partial charge in [-0.3, -0.25) is 0 Å². The van der Waals surface area contributed by atoms with E-state index in [4.69, 9.17) is 9.84 Å². The van der Waals surface area contributed by atoms with Crippen LogP contribution in [0.25, 0.3) is 0 Å². The Kier molecular flexibility index (Phi) is 4.33. The zero-order valence-corrected chi connectivity index (χ0v) is 9.46. The molecular weight excluding hydrogens is 198 g/mol. The summed E-state index contributed by atoms with van der Waals surface area (Å²) in [6.07, 6.45) is -0.655. The molecule has 1 atom stereocenters. The molecule has 0 fully saturated rings. The summed E-state index contributed by atoms with van der Waals surface area (Å²) < 4.78 is 4.95. The number of carboxylic acids is 1. The molecule has 0 rings (SSSR count). The van der Waals surface area contributed by atoms with E-state index in [1.165, 1.54) is 6.92 Å². The Morgan fingerprint density at radius 2 is 1.87 bits per heavy atom. The molecule has 0 spiro atoms. The predicted molar refractivity (Wildman–Crippen MR) is 55.6 cm³/mol. The van der Waals surface area contributed by atoms with Crippen LogP contribution in [-0.4, -0.2) is 28.8 Å². The second kappa shape index (κ2) is 4.82. The summed E-state index contributed by atoms with van der Waals surface area (Å²) in [6.45, 7) is 10.0. The molecule has 1 amide bonds. The Balaban J connectivity index is 4.20. The van der Waals surface area contributed by atoms with Crippen LogP contribution in [0.3, 0.4) is 0 Å². The Hall–Kier alpha value is -1.52. The average Bonchev–Trinajstić information content (AvgIpc) is 1.98. The molecule has 0 aliphatic rings. The predicted octanol–water partition coefficient (Wildman–Crippen LogP) is 1.54. The molecule has 0 unspecified atom stereocenters. The number of amides is 1. The molecule has 0 aliphatic carbocycles. The van der Waals surface area contributed by atoms with Crippen molar-refractivity contribution in [2.45, 2.75) is 39.3 Å². The molecular formula is C10H17NO4. The molecule has 2 N–H and O–H groups in total. The highest BCUT2D eigenvalue weighted by Crippen LogP contribution is 2.07. The number of carbonyl (C=O) groups is 2. The summed E-state index contributed by atoms with van der Waals surface area (Å²) >= 11 is 0. The van der Waals surface area contributed by atoms with Gasteiger partial charge in [0.2, 0.25) is 0 Å². The van der Waals surface area contributed by atoms with Gasteiger partial charge in [-0.1, -0.05) is 6.58 Å². The largest absolute Gasteiger partial charge is 0.478 e. The first-order valence-corrected chi connectivity index (χ1v) is 4.55. The highest BCUT2D eigenvalue weighted by Gasteiger charge is 2.20. The third-order valence-electron chi connectivity index (χ3n) is 1.53. The second-order valence-electron chi connectivity index (χ2n) is 4.20. The van der Waals surface area contributed by atoms with Crippen LogP contribution in [0, 0.1) is 0 Å². The van der Waals surface area contributed by atoms with Crippen molar-refractivity contribution in [1.29, 1.82) is 0 Å². The number of ether oxygens (including phenoxy) is 1. The fourth-order valence-electron chi connectivity index (χ4n) is 0.757. The smallest absolute Gasteiger partial charge is 0.408 e. The summed E-state index contributed by atoms with van der Waals surface area (Å²) in [7, 11) is 0. The molecule has 15 heavy (non-hydrogen) atoms. The topological polar surface area (TPSA) is 75.6 Å². The Morgan fingerprint density at radius 1 is 1.40 bits per heavy atom. The van der Waals surface area contributed by atoms with E-state index < -0.39 is 23.7 Å². The van der Waals surface area contributed by atoms with E-state index in [2.05, 4.69) is 11.9 Å². The van der Waals surface area contributed by atoms with E-state index in [9.17, 15) is 9.59 Å². The van der Waals surface area contributed by atoms with Crippen LogP contribution >= 0.6 is 0 Å². The number of rotatable bonds is 3. The van der Waals surface area contributed by atoms with Crippen molar-refractivity contribution in [2.75, 3.05) is 0 Å². The van der Waals surface area contributed by atoms with E-state index in [0.717, 1.165) is 0 Å². The Bertz CT molecular complexity index is 278. The maximum Gasteiger partial charge on any atom is 0.408 e. The van der Waals surface area contributed by atoms with Crippen molar-refractivity contribution in [1.82, 2.24) is 5.32 Å². The minimum atomic E-state index is -1.14. The maximum atomic E-state index is 11.2. The van der Waals surface area contributed by atoms with Crippen LogP contribution < -0.4 is 5.32 Å². The normalized spacial score (nSPS) is 12.8. The number of alkyl carbamates (subject to hydrolysis) is 1. The van der Waals surface area contributed by atoms with Crippen LogP contribution in [0.1, 0.15) is 27.7 Å². The van der Waals surface area contributed by atoms with Gasteiger partial charge in [0.1, 0.15) is 5.60 Å². The molecule has 86 valence electrons. The molecule has 0 bridgehead atoms. The molecule has 0 radical (unpaired) electrons. The van der Waals surface area contributed by atoms with Crippen molar-refractivity contribution >= 4 is 12.1 Å². The minimum absolute atomic E-state index is 0.0825. The average molecular weight is 215 g/mol. The highest BCUT2D eigenvalue weighted by molar-refractivity contribution is 5.88. The van der Waals surface area contributed by atoms with Gasteiger partial charge < -0.3 is 15.2 Å². The van der Waals surface area contributed by atoms with Crippen molar-refractivity contribution in [2.24, 2.45) is 0 Å². The van der Waals surface area contributed by atoms with Gasteiger partial charge in [0.15, 0.2) is 0 Å². The number of carbonyl (C=O) groups excluding carboxylic acids is 1. The number of aliphatic carboxylic acids is 1. The van der Waals surface area contributed by atoms with Gasteiger partial charge in [0.05, 0.1) is 11.6 Å². The Morgan fingerprint density at radius 3 is 2.20 bits per heavy atom. The van der Waals surface area contributed by atoms with Gasteiger partial charge in [-0.2, -0.15) is 0 Å². The molecule has 0 aromatic carbocycles. The van der Waals surface area contributed by atoms with Gasteiger partial charge in [0, 0.05) is 0 Å². The van der Waals surface area contributed by atoms with Gasteiger partial charge in [-0.05, 0) is 27.7 Å². The fraction of sp³-hybridized carbons (Fsp3) is 0.600. The number of hydrogen-bond acceptors (Lipinski definition) is 3. The lowest BCUT2D eigenvalue weighted by molar-refractivity contribution is -0.132. The number of hydrogen-bond donors (Lipinski definition) is 2. The van der Waals surface area contributed by atoms with E-state index in [1.807, 2.05) is 0 Å². The lowest BCUT2D eigenvalue weighted by atomic mass is 10.1. The Labute approximate surface area is 89.1 Å². The quantitative estimate of drug-likeness (QED) is 0.700. The van der Waals surface area contributed by atoms with Gasteiger partial charge in [-0.25, -0.2) is 9.59 Å². The van der Waals surface area contributed by atoms with Crippen LogP contribution in [0.5, 0.6) is 0 Å². The molecule has 0 aromatic rings. The van der Waals surface area contributed by atoms with Crippen molar-refractivity contribution in [3.8, 4) is 0 Å². The summed E-state index contributed by atoms with van der Waals surface area (Å²) in [5.41, 5.74) is -0.685. The van der Waals surface area contributed by atoms with Crippen LogP contribution in [0.2, 0.25) is 0 Å². The van der Waals surface area contributed by atoms with Crippen molar-refractivity contribution in [3.63, 3.8) is 0 Å². The van der Waals surface area contributed by atoms with Crippen LogP contribution in [0.4, 0.5) is 4.79 Å². The third-order valence-corrected chi connectivity index (χ3v) is 1.53. The number of nitrogens with one attached hydrogen (secondary N) is 1. The van der Waals surface area contributed by atoms with Gasteiger partial charge in [-0.15, -0.1) is 0 Å². The summed E-state index contributed by atoms with van der Waals surface area (Å²) in [4.78, 5) is 21.7. The highest BCUT2D eigenvalue weighted by atomic mass is 16.6. The summed E-state index contributed by atoms with van der Waals surface area (Å²) in [6, 6.07) is -0.655. The standard InChI is InChI=1S/C10H17NO4/c1-6(8(12)13)7(2)11-9(14)15-10(3,4)5/h7H,1H2,2-5H3,(H,11,14)(H,12,13)/t7-/m0/s1. The lowest BCUT2D eigenvalue weighted by Crippen LogP contribution is -2.39. The molecule has 0 saturated heterocycles. The first-order valence-electron chi connectivity index (χ1n) is 4.55. The first kappa shape index (κ1) is 13.5. The molecule has 5 nitrogen and oxygen atoms in total. The minimum Gasteiger partial charge on any atom is -0.478 e. The van der Waals surface area contributed by atoms with Crippen LogP contribution in [-0.2, 0) is 9.53 Å². The number of carboxylic acid groups (broad SMARTS) is 1. The maximum absolute atomic E-state index is 11.2. The summed E-state index contributed by atoms with van der Waals surface area (Å²) in [5.74, 6) is -1.14. The van der Waals surface area contributed by atoms with Crippen molar-refractivity contribution in [3.05, 3.63) is 12.2 Å². The molecule has 0 heterocycles. The SMILES string of the molecule is C=C(C(=O)O)[C@H](C)NC(=O)OC(C)(C)C. The van der Waals surface area contributed by atoms with Gasteiger partial charge >= 0.3 is 12.1 Å². The van der Waals surface area contributed by atoms with E-state index >= 15 is 0 Å². The van der Waals surface area contributed by atoms with Crippen molar-refractivity contribution < 1.29 is 19.4 Å². The van der Waals surface area contributed by atoms with Gasteiger partial charge in [0.25, 0.3) is 0 Å². The zero-order valence-electron chi connectivity index (χ0n) is 9.46. The fourth-order valence-corrected chi connectivity index (χ4v) is 0.757. The van der Waals surface area contributed by atoms with E-state index in [0.29, 0.717) is 0 Å².